The molecule has 25 heavy (non-hydrogen) atoms. The van der Waals surface area contributed by atoms with Gasteiger partial charge in [0.05, 0.1) is 0 Å². The van der Waals surface area contributed by atoms with Gasteiger partial charge in [-0.1, -0.05) is 60.2 Å². The number of para-hydroxylation sites is 1. The third-order valence-corrected chi connectivity index (χ3v) is 4.24. The lowest BCUT2D eigenvalue weighted by molar-refractivity contribution is -0.122. The number of nitrogens with one attached hydrogen (secondary N) is 2. The van der Waals surface area contributed by atoms with Crippen molar-refractivity contribution in [2.45, 2.75) is 12.8 Å². The van der Waals surface area contributed by atoms with E-state index < -0.39 is 0 Å². The zero-order valence-electron chi connectivity index (χ0n) is 14.3. The third kappa shape index (κ3) is 5.47. The molecule has 0 aliphatic carbocycles. The fourth-order valence-corrected chi connectivity index (χ4v) is 2.84. The Hall–Kier alpha value is -2.59. The lowest BCUT2D eigenvalue weighted by atomic mass is 10.0. The molecule has 2 aromatic rings. The van der Waals surface area contributed by atoms with Crippen LogP contribution in [0.25, 0.3) is 0 Å². The monoisotopic (exact) mass is 336 g/mol. The lowest BCUT2D eigenvalue weighted by Gasteiger charge is -2.15. The number of benzene rings is 2. The maximum atomic E-state index is 12.0. The van der Waals surface area contributed by atoms with Crippen molar-refractivity contribution >= 4 is 5.91 Å². The molecule has 0 atom stereocenters. The van der Waals surface area contributed by atoms with Gasteiger partial charge in [0.15, 0.2) is 6.61 Å². The van der Waals surface area contributed by atoms with E-state index in [9.17, 15) is 4.79 Å². The Morgan fingerprint density at radius 2 is 1.88 bits per heavy atom. The minimum absolute atomic E-state index is 0.0390. The van der Waals surface area contributed by atoms with Crippen molar-refractivity contribution in [3.8, 4) is 5.75 Å². The zero-order chi connectivity index (χ0) is 17.3. The van der Waals surface area contributed by atoms with Gasteiger partial charge in [0.25, 0.3) is 5.91 Å². The summed E-state index contributed by atoms with van der Waals surface area (Å²) in [6.45, 7) is 2.51. The second-order valence-electron chi connectivity index (χ2n) is 6.15. The highest BCUT2D eigenvalue weighted by Crippen LogP contribution is 2.21. The minimum atomic E-state index is -0.0889. The predicted octanol–water partition coefficient (Wildman–Crippen LogP) is 2.69. The number of carbonyl (C=O) groups excluding carboxylic acids is 1. The van der Waals surface area contributed by atoms with Gasteiger partial charge in [-0.3, -0.25) is 4.79 Å². The Labute approximate surface area is 148 Å². The van der Waals surface area contributed by atoms with Crippen LogP contribution in [-0.4, -0.2) is 32.1 Å². The lowest BCUT2D eigenvalue weighted by Crippen LogP contribution is -2.32. The predicted molar refractivity (Wildman–Crippen MR) is 99.8 cm³/mol. The van der Waals surface area contributed by atoms with Crippen molar-refractivity contribution in [1.82, 2.24) is 10.6 Å². The van der Waals surface area contributed by atoms with E-state index in [-0.39, 0.29) is 12.5 Å². The van der Waals surface area contributed by atoms with Crippen molar-refractivity contribution in [3.05, 3.63) is 77.4 Å². The number of hydrogen-bond donors (Lipinski definition) is 2. The van der Waals surface area contributed by atoms with Crippen LogP contribution in [0.3, 0.4) is 0 Å². The van der Waals surface area contributed by atoms with E-state index in [0.717, 1.165) is 37.2 Å². The van der Waals surface area contributed by atoms with Gasteiger partial charge in [-0.2, -0.15) is 0 Å². The molecule has 0 radical (unpaired) electrons. The average molecular weight is 336 g/mol. The highest BCUT2D eigenvalue weighted by molar-refractivity contribution is 5.77. The molecule has 0 saturated carbocycles. The molecular formula is C21H24N2O2. The van der Waals surface area contributed by atoms with Gasteiger partial charge < -0.3 is 15.4 Å². The summed E-state index contributed by atoms with van der Waals surface area (Å²) in [7, 11) is 0. The molecule has 0 unspecified atom stereocenters. The summed E-state index contributed by atoms with van der Waals surface area (Å²) in [6, 6.07) is 18.1. The average Bonchev–Trinajstić information content (AvgIpc) is 2.67. The van der Waals surface area contributed by atoms with Crippen molar-refractivity contribution in [2.24, 2.45) is 0 Å². The van der Waals surface area contributed by atoms with Crippen LogP contribution in [0.5, 0.6) is 5.75 Å². The van der Waals surface area contributed by atoms with Crippen molar-refractivity contribution in [2.75, 3.05) is 26.2 Å². The molecule has 0 aromatic heterocycles. The van der Waals surface area contributed by atoms with Crippen LogP contribution >= 0.6 is 0 Å². The summed E-state index contributed by atoms with van der Waals surface area (Å²) < 4.78 is 5.77. The molecule has 3 rings (SSSR count). The molecule has 4 nitrogen and oxygen atoms in total. The number of carbonyl (C=O) groups is 1. The highest BCUT2D eigenvalue weighted by Gasteiger charge is 2.09. The van der Waals surface area contributed by atoms with Crippen molar-refractivity contribution in [1.29, 1.82) is 0 Å². The van der Waals surface area contributed by atoms with Gasteiger partial charge in [-0.05, 0) is 30.2 Å². The SMILES string of the molecule is O=C(COc1ccccc1Cc1ccccc1)NCC1=CCNCC1. The molecular weight excluding hydrogens is 312 g/mol. The molecule has 0 bridgehead atoms. The second kappa shape index (κ2) is 9.04. The van der Waals surface area contributed by atoms with Crippen LogP contribution in [0.2, 0.25) is 0 Å². The summed E-state index contributed by atoms with van der Waals surface area (Å²) in [4.78, 5) is 12.0. The van der Waals surface area contributed by atoms with Crippen LogP contribution in [0, 0.1) is 0 Å². The Morgan fingerprint density at radius 3 is 2.68 bits per heavy atom. The van der Waals surface area contributed by atoms with Crippen molar-refractivity contribution in [3.63, 3.8) is 0 Å². The molecule has 2 N–H and O–H groups in total. The molecule has 130 valence electrons. The highest BCUT2D eigenvalue weighted by atomic mass is 16.5. The van der Waals surface area contributed by atoms with E-state index in [2.05, 4.69) is 28.8 Å². The van der Waals surface area contributed by atoms with E-state index in [1.165, 1.54) is 11.1 Å². The Bertz CT molecular complexity index is 726. The summed E-state index contributed by atoms with van der Waals surface area (Å²) in [5, 5.41) is 6.19. The van der Waals surface area contributed by atoms with Gasteiger partial charge in [-0.25, -0.2) is 0 Å². The number of amides is 1. The first-order chi connectivity index (χ1) is 12.3. The zero-order valence-corrected chi connectivity index (χ0v) is 14.3. The largest absolute Gasteiger partial charge is 0.483 e. The molecule has 1 amide bonds. The maximum Gasteiger partial charge on any atom is 0.258 e. The standard InChI is InChI=1S/C21H24N2O2/c24-21(23-15-18-10-12-22-13-11-18)16-25-20-9-5-4-8-19(20)14-17-6-2-1-3-7-17/h1-10,22H,11-16H2,(H,23,24). The van der Waals surface area contributed by atoms with E-state index in [1.807, 2.05) is 42.5 Å². The Kier molecular flexibility index (Phi) is 6.23. The van der Waals surface area contributed by atoms with Gasteiger partial charge in [0.1, 0.15) is 5.75 Å². The van der Waals surface area contributed by atoms with Crippen molar-refractivity contribution < 1.29 is 9.53 Å². The van der Waals surface area contributed by atoms with Crippen LogP contribution < -0.4 is 15.4 Å². The fraction of sp³-hybridized carbons (Fsp3) is 0.286. The quantitative estimate of drug-likeness (QED) is 0.765. The van der Waals surface area contributed by atoms with Crippen LogP contribution in [-0.2, 0) is 11.2 Å². The third-order valence-electron chi connectivity index (χ3n) is 4.24. The summed E-state index contributed by atoms with van der Waals surface area (Å²) in [6.07, 6.45) is 3.92. The van der Waals surface area contributed by atoms with Gasteiger partial charge in [-0.15, -0.1) is 0 Å². The van der Waals surface area contributed by atoms with Crippen LogP contribution in [0.15, 0.2) is 66.2 Å². The normalized spacial score (nSPS) is 13.8. The first kappa shape index (κ1) is 17.2. The van der Waals surface area contributed by atoms with E-state index >= 15 is 0 Å². The van der Waals surface area contributed by atoms with Gasteiger partial charge >= 0.3 is 0 Å². The smallest absolute Gasteiger partial charge is 0.258 e. The second-order valence-corrected chi connectivity index (χ2v) is 6.15. The summed E-state index contributed by atoms with van der Waals surface area (Å²) in [5.41, 5.74) is 3.58. The van der Waals surface area contributed by atoms with E-state index in [4.69, 9.17) is 4.74 Å². The maximum absolute atomic E-state index is 12.0. The van der Waals surface area contributed by atoms with Gasteiger partial charge in [0, 0.05) is 19.5 Å². The molecule has 0 fully saturated rings. The summed E-state index contributed by atoms with van der Waals surface area (Å²) >= 11 is 0. The van der Waals surface area contributed by atoms with E-state index in [0.29, 0.717) is 6.54 Å². The summed E-state index contributed by atoms with van der Waals surface area (Å²) in [5.74, 6) is 0.677. The Morgan fingerprint density at radius 1 is 1.08 bits per heavy atom. The topological polar surface area (TPSA) is 50.4 Å². The fourth-order valence-electron chi connectivity index (χ4n) is 2.84. The Balaban J connectivity index is 1.52. The first-order valence-electron chi connectivity index (χ1n) is 8.71. The molecule has 4 heteroatoms. The molecule has 0 saturated heterocycles. The first-order valence-corrected chi connectivity index (χ1v) is 8.71. The number of hydrogen-bond acceptors (Lipinski definition) is 3. The molecule has 2 aromatic carbocycles. The molecule has 0 spiro atoms. The molecule has 1 aliphatic rings. The van der Waals surface area contributed by atoms with Gasteiger partial charge in [0.2, 0.25) is 0 Å². The molecule has 1 heterocycles. The van der Waals surface area contributed by atoms with Crippen LogP contribution in [0.1, 0.15) is 17.5 Å². The molecule has 1 aliphatic heterocycles. The van der Waals surface area contributed by atoms with Crippen LogP contribution in [0.4, 0.5) is 0 Å². The minimum Gasteiger partial charge on any atom is -0.483 e. The number of ether oxygens (including phenoxy) is 1. The van der Waals surface area contributed by atoms with E-state index in [1.54, 1.807) is 0 Å². The number of rotatable bonds is 7.